The Kier molecular flexibility index (Phi) is 1.88. The van der Waals surface area contributed by atoms with E-state index in [9.17, 15) is 9.59 Å². The van der Waals surface area contributed by atoms with Gasteiger partial charge >= 0.3 is 12.0 Å². The van der Waals surface area contributed by atoms with Crippen molar-refractivity contribution in [2.24, 2.45) is 0 Å². The maximum absolute atomic E-state index is 11.4. The van der Waals surface area contributed by atoms with Crippen molar-refractivity contribution in [2.45, 2.75) is 18.5 Å². The predicted molar refractivity (Wildman–Crippen MR) is 47.9 cm³/mol. The van der Waals surface area contributed by atoms with Gasteiger partial charge in [0.15, 0.2) is 0 Å². The molecule has 0 aromatic rings. The summed E-state index contributed by atoms with van der Waals surface area (Å²) in [4.78, 5) is 24.0. The number of carbonyl (C=O) groups excluding carboxylic acids is 1. The predicted octanol–water partition coefficient (Wildman–Crippen LogP) is -1.17. The molecule has 0 bridgehead atoms. The number of amides is 2. The molecule has 2 amide bonds. The molecule has 0 saturated carbocycles. The van der Waals surface area contributed by atoms with Crippen LogP contribution in [0.15, 0.2) is 0 Å². The van der Waals surface area contributed by atoms with E-state index in [1.807, 2.05) is 0 Å². The van der Waals surface area contributed by atoms with Crippen LogP contribution in [-0.2, 0) is 4.79 Å². The molecule has 6 nitrogen and oxygen atoms in total. The lowest BCUT2D eigenvalue weighted by atomic mass is 9.89. The number of aliphatic carboxylic acids is 1. The lowest BCUT2D eigenvalue weighted by Crippen LogP contribution is -2.67. The number of hydrogen-bond acceptors (Lipinski definition) is 3. The Bertz CT molecular complexity index is 294. The van der Waals surface area contributed by atoms with Gasteiger partial charge in [-0.25, -0.2) is 4.79 Å². The van der Waals surface area contributed by atoms with Crippen LogP contribution in [0.4, 0.5) is 4.79 Å². The molecule has 2 unspecified atom stereocenters. The molecule has 3 N–H and O–H groups in total. The Labute approximate surface area is 81.3 Å². The average Bonchev–Trinajstić information content (AvgIpc) is 2.42. The first-order valence-electron chi connectivity index (χ1n) is 4.57. The normalized spacial score (nSPS) is 36.5. The zero-order chi connectivity index (χ0) is 10.3. The smallest absolute Gasteiger partial charge is 0.323 e. The van der Waals surface area contributed by atoms with E-state index in [1.165, 1.54) is 0 Å². The monoisotopic (exact) mass is 199 g/mol. The van der Waals surface area contributed by atoms with Crippen molar-refractivity contribution < 1.29 is 14.7 Å². The maximum Gasteiger partial charge on any atom is 0.323 e. The second-order valence-corrected chi connectivity index (χ2v) is 3.89. The summed E-state index contributed by atoms with van der Waals surface area (Å²) in [5.41, 5.74) is -0.638. The second-order valence-electron chi connectivity index (χ2n) is 3.89. The van der Waals surface area contributed by atoms with Crippen LogP contribution in [0.25, 0.3) is 0 Å². The molecular weight excluding hydrogens is 186 g/mol. The first kappa shape index (κ1) is 9.26. The van der Waals surface area contributed by atoms with E-state index in [0.29, 0.717) is 19.6 Å². The van der Waals surface area contributed by atoms with E-state index in [1.54, 1.807) is 11.8 Å². The highest BCUT2D eigenvalue weighted by Gasteiger charge is 2.52. The summed E-state index contributed by atoms with van der Waals surface area (Å²) in [6, 6.07) is -0.851. The molecule has 0 spiro atoms. The quantitative estimate of drug-likeness (QED) is 0.497. The Morgan fingerprint density at radius 2 is 2.43 bits per heavy atom. The molecule has 2 fully saturated rings. The zero-order valence-electron chi connectivity index (χ0n) is 7.91. The molecule has 2 aliphatic rings. The number of nitrogens with one attached hydrogen (secondary N) is 2. The fourth-order valence-corrected chi connectivity index (χ4v) is 2.19. The van der Waals surface area contributed by atoms with E-state index < -0.39 is 17.6 Å². The van der Waals surface area contributed by atoms with Gasteiger partial charge in [0, 0.05) is 19.6 Å². The number of hydrogen-bond donors (Lipinski definition) is 3. The van der Waals surface area contributed by atoms with Crippen LogP contribution < -0.4 is 10.6 Å². The lowest BCUT2D eigenvalue weighted by molar-refractivity contribution is -0.143. The SMILES string of the molecule is CC12CNC(=O)N1CCNC2C(=O)O. The molecule has 14 heavy (non-hydrogen) atoms. The number of urea groups is 1. The van der Waals surface area contributed by atoms with Crippen molar-refractivity contribution >= 4 is 12.0 Å². The molecule has 2 aliphatic heterocycles. The minimum absolute atomic E-state index is 0.166. The molecule has 0 aromatic heterocycles. The van der Waals surface area contributed by atoms with Gasteiger partial charge in [0.05, 0.1) is 5.54 Å². The number of carboxylic acids is 1. The Morgan fingerprint density at radius 1 is 1.71 bits per heavy atom. The van der Waals surface area contributed by atoms with Gasteiger partial charge in [0.2, 0.25) is 0 Å². The van der Waals surface area contributed by atoms with Crippen molar-refractivity contribution in [3.8, 4) is 0 Å². The Morgan fingerprint density at radius 3 is 3.07 bits per heavy atom. The van der Waals surface area contributed by atoms with E-state index >= 15 is 0 Å². The first-order valence-corrected chi connectivity index (χ1v) is 4.57. The largest absolute Gasteiger partial charge is 0.480 e. The van der Waals surface area contributed by atoms with Crippen molar-refractivity contribution in [2.75, 3.05) is 19.6 Å². The zero-order valence-corrected chi connectivity index (χ0v) is 7.91. The van der Waals surface area contributed by atoms with Gasteiger partial charge in [-0.3, -0.25) is 4.79 Å². The summed E-state index contributed by atoms with van der Waals surface area (Å²) in [7, 11) is 0. The van der Waals surface area contributed by atoms with E-state index in [4.69, 9.17) is 5.11 Å². The molecule has 78 valence electrons. The van der Waals surface area contributed by atoms with Crippen LogP contribution in [0.3, 0.4) is 0 Å². The fraction of sp³-hybridized carbons (Fsp3) is 0.750. The highest BCUT2D eigenvalue weighted by atomic mass is 16.4. The number of piperazine rings is 1. The van der Waals surface area contributed by atoms with Crippen LogP contribution in [0, 0.1) is 0 Å². The van der Waals surface area contributed by atoms with Gasteiger partial charge in [-0.15, -0.1) is 0 Å². The molecular formula is C8H13N3O3. The number of carbonyl (C=O) groups is 2. The molecule has 0 aliphatic carbocycles. The minimum atomic E-state index is -0.909. The number of fused-ring (bicyclic) bond motifs is 1. The van der Waals surface area contributed by atoms with Crippen molar-refractivity contribution in [1.82, 2.24) is 15.5 Å². The standard InChI is InChI=1S/C8H13N3O3/c1-8-4-10-7(14)11(8)3-2-9-5(8)6(12)13/h5,9H,2-4H2,1H3,(H,10,14)(H,12,13). The maximum atomic E-state index is 11.4. The van der Waals surface area contributed by atoms with Gasteiger partial charge in [0.1, 0.15) is 6.04 Å². The average molecular weight is 199 g/mol. The van der Waals surface area contributed by atoms with Crippen LogP contribution in [0.2, 0.25) is 0 Å². The third-order valence-electron chi connectivity index (χ3n) is 3.01. The van der Waals surface area contributed by atoms with Gasteiger partial charge in [0.25, 0.3) is 0 Å². The Hall–Kier alpha value is -1.30. The van der Waals surface area contributed by atoms with Gasteiger partial charge in [-0.2, -0.15) is 0 Å². The number of nitrogens with zero attached hydrogens (tertiary/aromatic N) is 1. The second kappa shape index (κ2) is 2.84. The third-order valence-corrected chi connectivity index (χ3v) is 3.01. The molecule has 0 radical (unpaired) electrons. The summed E-state index contributed by atoms with van der Waals surface area (Å²) in [5, 5.41) is 14.6. The van der Waals surface area contributed by atoms with Gasteiger partial charge in [-0.05, 0) is 6.92 Å². The number of carboxylic acid groups (broad SMARTS) is 1. The van der Waals surface area contributed by atoms with E-state index in [-0.39, 0.29) is 6.03 Å². The van der Waals surface area contributed by atoms with Crippen LogP contribution in [0.1, 0.15) is 6.92 Å². The van der Waals surface area contributed by atoms with Crippen LogP contribution >= 0.6 is 0 Å². The van der Waals surface area contributed by atoms with E-state index in [2.05, 4.69) is 10.6 Å². The molecule has 2 saturated heterocycles. The van der Waals surface area contributed by atoms with Crippen LogP contribution in [-0.4, -0.2) is 53.2 Å². The highest BCUT2D eigenvalue weighted by molar-refractivity contribution is 5.83. The Balaban J connectivity index is 2.30. The van der Waals surface area contributed by atoms with Gasteiger partial charge < -0.3 is 20.6 Å². The topological polar surface area (TPSA) is 81.7 Å². The van der Waals surface area contributed by atoms with Crippen LogP contribution in [0.5, 0.6) is 0 Å². The number of rotatable bonds is 1. The molecule has 2 atom stereocenters. The summed E-state index contributed by atoms with van der Waals surface area (Å²) < 4.78 is 0. The summed E-state index contributed by atoms with van der Waals surface area (Å²) in [5.74, 6) is -0.909. The summed E-state index contributed by atoms with van der Waals surface area (Å²) in [6.45, 7) is 3.26. The van der Waals surface area contributed by atoms with Gasteiger partial charge in [-0.1, -0.05) is 0 Å². The first-order chi connectivity index (χ1) is 6.55. The molecule has 6 heteroatoms. The molecule has 0 aromatic carbocycles. The van der Waals surface area contributed by atoms with Crippen molar-refractivity contribution in [1.29, 1.82) is 0 Å². The summed E-state index contributed by atoms with van der Waals surface area (Å²) in [6.07, 6.45) is 0. The van der Waals surface area contributed by atoms with E-state index in [0.717, 1.165) is 0 Å². The minimum Gasteiger partial charge on any atom is -0.480 e. The summed E-state index contributed by atoms with van der Waals surface area (Å²) >= 11 is 0. The van der Waals surface area contributed by atoms with Crippen molar-refractivity contribution in [3.05, 3.63) is 0 Å². The highest BCUT2D eigenvalue weighted by Crippen LogP contribution is 2.26. The third kappa shape index (κ3) is 1.07. The molecule has 2 rings (SSSR count). The fourth-order valence-electron chi connectivity index (χ4n) is 2.19. The lowest BCUT2D eigenvalue weighted by Gasteiger charge is -2.42. The molecule has 2 heterocycles. The van der Waals surface area contributed by atoms with Crippen molar-refractivity contribution in [3.63, 3.8) is 0 Å².